The normalized spacial score (nSPS) is 12.6. The van der Waals surface area contributed by atoms with Gasteiger partial charge in [-0.15, -0.1) is 5.10 Å². The van der Waals surface area contributed by atoms with Gasteiger partial charge in [0.1, 0.15) is 0 Å². The number of H-pyrrole nitrogens is 1. The zero-order chi connectivity index (χ0) is 15.4. The molecule has 5 nitrogen and oxygen atoms in total. The van der Waals surface area contributed by atoms with Crippen molar-refractivity contribution in [2.24, 2.45) is 7.05 Å². The zero-order valence-electron chi connectivity index (χ0n) is 12.9. The predicted molar refractivity (Wildman–Crippen MR) is 86.9 cm³/mol. The summed E-state index contributed by atoms with van der Waals surface area (Å²) in [7, 11) is 1.73. The van der Waals surface area contributed by atoms with Crippen LogP contribution in [-0.4, -0.2) is 27.1 Å². The molecule has 114 valence electrons. The van der Waals surface area contributed by atoms with E-state index in [0.717, 1.165) is 12.3 Å². The molecule has 0 saturated heterocycles. The van der Waals surface area contributed by atoms with Crippen LogP contribution in [0.5, 0.6) is 0 Å². The van der Waals surface area contributed by atoms with Crippen molar-refractivity contribution in [3.8, 4) is 0 Å². The Hall–Kier alpha value is -1.53. The van der Waals surface area contributed by atoms with Gasteiger partial charge in [-0.25, -0.2) is 9.89 Å². The van der Waals surface area contributed by atoms with Gasteiger partial charge in [0.15, 0.2) is 5.16 Å². The number of nitrogens with zero attached hydrogens (tertiary/aromatic N) is 2. The number of nitrogens with one attached hydrogen (secondary N) is 2. The first-order valence-corrected chi connectivity index (χ1v) is 8.06. The SMILES string of the molecule is CCNC(CSc1n[nH]c(=O)n1C)c1ccc(C)cc1C. The van der Waals surface area contributed by atoms with Gasteiger partial charge in [-0.3, -0.25) is 4.57 Å². The van der Waals surface area contributed by atoms with Crippen molar-refractivity contribution in [1.82, 2.24) is 20.1 Å². The van der Waals surface area contributed by atoms with Gasteiger partial charge in [-0.05, 0) is 31.5 Å². The molecule has 0 aliphatic heterocycles. The van der Waals surface area contributed by atoms with E-state index in [9.17, 15) is 4.79 Å². The number of thioether (sulfide) groups is 1. The number of hydrogen-bond donors (Lipinski definition) is 2. The quantitative estimate of drug-likeness (QED) is 0.803. The summed E-state index contributed by atoms with van der Waals surface area (Å²) in [6, 6.07) is 6.77. The van der Waals surface area contributed by atoms with Gasteiger partial charge in [-0.2, -0.15) is 0 Å². The Balaban J connectivity index is 2.15. The second-order valence-corrected chi connectivity index (χ2v) is 6.14. The molecular formula is C15H22N4OS. The second kappa shape index (κ2) is 6.95. The van der Waals surface area contributed by atoms with Crippen molar-refractivity contribution in [1.29, 1.82) is 0 Å². The van der Waals surface area contributed by atoms with Crippen LogP contribution in [0.2, 0.25) is 0 Å². The highest BCUT2D eigenvalue weighted by Crippen LogP contribution is 2.25. The van der Waals surface area contributed by atoms with Crippen LogP contribution in [-0.2, 0) is 7.05 Å². The Labute approximate surface area is 129 Å². The molecule has 1 atom stereocenters. The molecule has 0 spiro atoms. The number of aromatic amines is 1. The largest absolute Gasteiger partial charge is 0.343 e. The molecular weight excluding hydrogens is 284 g/mol. The maximum atomic E-state index is 11.4. The summed E-state index contributed by atoms with van der Waals surface area (Å²) in [5.74, 6) is 0.829. The molecule has 2 N–H and O–H groups in total. The third-order valence-corrected chi connectivity index (χ3v) is 4.59. The van der Waals surface area contributed by atoms with Crippen molar-refractivity contribution in [3.05, 3.63) is 45.4 Å². The summed E-state index contributed by atoms with van der Waals surface area (Å²) in [4.78, 5) is 11.4. The Morgan fingerprint density at radius 1 is 1.43 bits per heavy atom. The molecule has 0 fully saturated rings. The van der Waals surface area contributed by atoms with Crippen LogP contribution < -0.4 is 11.0 Å². The van der Waals surface area contributed by atoms with E-state index in [4.69, 9.17) is 0 Å². The molecule has 6 heteroatoms. The number of hydrogen-bond acceptors (Lipinski definition) is 4. The van der Waals surface area contributed by atoms with Crippen molar-refractivity contribution >= 4 is 11.8 Å². The van der Waals surface area contributed by atoms with E-state index < -0.39 is 0 Å². The molecule has 0 bridgehead atoms. The molecule has 0 aliphatic carbocycles. The Morgan fingerprint density at radius 3 is 2.76 bits per heavy atom. The minimum absolute atomic E-state index is 0.177. The Kier molecular flexibility index (Phi) is 5.25. The zero-order valence-corrected chi connectivity index (χ0v) is 13.8. The lowest BCUT2D eigenvalue weighted by Gasteiger charge is -2.20. The smallest absolute Gasteiger partial charge is 0.309 e. The number of aromatic nitrogens is 3. The summed E-state index contributed by atoms with van der Waals surface area (Å²) in [6.07, 6.45) is 0. The van der Waals surface area contributed by atoms with Gasteiger partial charge in [0.05, 0.1) is 0 Å². The highest BCUT2D eigenvalue weighted by atomic mass is 32.2. The van der Waals surface area contributed by atoms with Crippen molar-refractivity contribution in [3.63, 3.8) is 0 Å². The first kappa shape index (κ1) is 15.9. The molecule has 0 aliphatic rings. The van der Waals surface area contributed by atoms with E-state index in [1.54, 1.807) is 18.8 Å². The van der Waals surface area contributed by atoms with Crippen LogP contribution in [0.4, 0.5) is 0 Å². The van der Waals surface area contributed by atoms with E-state index in [1.807, 2.05) is 0 Å². The van der Waals surface area contributed by atoms with Crippen molar-refractivity contribution in [2.75, 3.05) is 12.3 Å². The van der Waals surface area contributed by atoms with Crippen LogP contribution in [0, 0.1) is 13.8 Å². The maximum absolute atomic E-state index is 11.4. The van der Waals surface area contributed by atoms with Crippen LogP contribution in [0.25, 0.3) is 0 Å². The first-order chi connectivity index (χ1) is 10.0. The lowest BCUT2D eigenvalue weighted by atomic mass is 10.0. The average molecular weight is 306 g/mol. The molecule has 1 aromatic heterocycles. The van der Waals surface area contributed by atoms with Gasteiger partial charge in [0, 0.05) is 18.8 Å². The number of benzene rings is 1. The molecule has 0 saturated carbocycles. The second-order valence-electron chi connectivity index (χ2n) is 5.15. The third kappa shape index (κ3) is 3.77. The summed E-state index contributed by atoms with van der Waals surface area (Å²) in [5, 5.41) is 10.7. The molecule has 2 rings (SSSR count). The first-order valence-electron chi connectivity index (χ1n) is 7.07. The lowest BCUT2D eigenvalue weighted by molar-refractivity contribution is 0.601. The van der Waals surface area contributed by atoms with Gasteiger partial charge >= 0.3 is 5.69 Å². The van der Waals surface area contributed by atoms with Gasteiger partial charge in [0.25, 0.3) is 0 Å². The highest BCUT2D eigenvalue weighted by molar-refractivity contribution is 7.99. The van der Waals surface area contributed by atoms with E-state index in [2.05, 4.69) is 54.5 Å². The van der Waals surface area contributed by atoms with E-state index in [1.165, 1.54) is 21.3 Å². The highest BCUT2D eigenvalue weighted by Gasteiger charge is 2.15. The average Bonchev–Trinajstić information content (AvgIpc) is 2.75. The van der Waals surface area contributed by atoms with Gasteiger partial charge < -0.3 is 5.32 Å². The minimum atomic E-state index is -0.177. The van der Waals surface area contributed by atoms with Gasteiger partial charge in [-0.1, -0.05) is 42.4 Å². The molecule has 2 aromatic rings. The van der Waals surface area contributed by atoms with Crippen LogP contribution in [0.1, 0.15) is 29.7 Å². The number of aryl methyl sites for hydroxylation is 2. The lowest BCUT2D eigenvalue weighted by Crippen LogP contribution is -2.24. The van der Waals surface area contributed by atoms with Gasteiger partial charge in [0.2, 0.25) is 0 Å². The summed E-state index contributed by atoms with van der Waals surface area (Å²) >= 11 is 1.58. The third-order valence-electron chi connectivity index (χ3n) is 3.47. The summed E-state index contributed by atoms with van der Waals surface area (Å²) in [6.45, 7) is 7.25. The van der Waals surface area contributed by atoms with E-state index in [-0.39, 0.29) is 11.7 Å². The van der Waals surface area contributed by atoms with E-state index >= 15 is 0 Å². The molecule has 1 heterocycles. The van der Waals surface area contributed by atoms with Crippen LogP contribution in [0.15, 0.2) is 28.2 Å². The monoisotopic (exact) mass is 306 g/mol. The fourth-order valence-corrected chi connectivity index (χ4v) is 3.34. The predicted octanol–water partition coefficient (Wildman–Crippen LogP) is 2.17. The van der Waals surface area contributed by atoms with Crippen molar-refractivity contribution < 1.29 is 0 Å². The molecule has 0 amide bonds. The van der Waals surface area contributed by atoms with Crippen molar-refractivity contribution in [2.45, 2.75) is 32.0 Å². The topological polar surface area (TPSA) is 62.7 Å². The fourth-order valence-electron chi connectivity index (χ4n) is 2.34. The molecule has 0 radical (unpaired) electrons. The molecule has 1 aromatic carbocycles. The Bertz CT molecular complexity index is 662. The molecule has 21 heavy (non-hydrogen) atoms. The Morgan fingerprint density at radius 2 is 2.19 bits per heavy atom. The number of rotatable bonds is 6. The summed E-state index contributed by atoms with van der Waals surface area (Å²) in [5.41, 5.74) is 3.69. The molecule has 1 unspecified atom stereocenters. The fraction of sp³-hybridized carbons (Fsp3) is 0.467. The minimum Gasteiger partial charge on any atom is -0.309 e. The van der Waals surface area contributed by atoms with Crippen LogP contribution in [0.3, 0.4) is 0 Å². The van der Waals surface area contributed by atoms with Crippen LogP contribution >= 0.6 is 11.8 Å². The maximum Gasteiger partial charge on any atom is 0.343 e. The summed E-state index contributed by atoms with van der Waals surface area (Å²) < 4.78 is 1.54. The van der Waals surface area contributed by atoms with E-state index in [0.29, 0.717) is 5.16 Å². The standard InChI is InChI=1S/C15H22N4OS/c1-5-16-13(12-7-6-10(2)8-11(12)3)9-21-15-18-17-14(20)19(15)4/h6-8,13,16H,5,9H2,1-4H3,(H,17,20).